The third kappa shape index (κ3) is 6.85. The van der Waals surface area contributed by atoms with Crippen LogP contribution in [0, 0.1) is 5.82 Å². The second-order valence-electron chi connectivity index (χ2n) is 13.1. The molecule has 0 saturated heterocycles. The minimum atomic E-state index is -4.69. The second kappa shape index (κ2) is 13.0. The summed E-state index contributed by atoms with van der Waals surface area (Å²) in [6, 6.07) is 17.2. The Balaban J connectivity index is 1.76. The van der Waals surface area contributed by atoms with Gasteiger partial charge in [0.2, 0.25) is 0 Å². The predicted molar refractivity (Wildman–Crippen MR) is 177 cm³/mol. The van der Waals surface area contributed by atoms with Crippen LogP contribution in [0.15, 0.2) is 78.9 Å². The van der Waals surface area contributed by atoms with Crippen molar-refractivity contribution in [1.29, 1.82) is 0 Å². The van der Waals surface area contributed by atoms with Gasteiger partial charge in [0.25, 0.3) is 11.8 Å². The number of rotatable bonds is 8. The summed E-state index contributed by atoms with van der Waals surface area (Å²) in [7, 11) is 0. The Bertz CT molecular complexity index is 1800. The molecule has 4 aromatic rings. The summed E-state index contributed by atoms with van der Waals surface area (Å²) in [4.78, 5) is 29.6. The van der Waals surface area contributed by atoms with Crippen LogP contribution in [-0.2, 0) is 27.9 Å². The number of halogens is 4. The second-order valence-corrected chi connectivity index (χ2v) is 15.0. The number of carbonyl (C=O) groups excluding carboxylic acids is 2. The zero-order chi connectivity index (χ0) is 35.2. The molecule has 0 spiro atoms. The number of amides is 2. The van der Waals surface area contributed by atoms with Gasteiger partial charge in [-0.2, -0.15) is 18.3 Å². The van der Waals surface area contributed by atoms with Crippen LogP contribution in [0.25, 0.3) is 5.69 Å². The average molecular weight is 684 g/mol. The largest absolute Gasteiger partial charge is 0.598 e. The number of nitrogens with one attached hydrogen (secondary N) is 2. The maximum Gasteiger partial charge on any atom is 0.416 e. The molecule has 3 aromatic carbocycles. The lowest BCUT2D eigenvalue weighted by Crippen LogP contribution is -2.56. The van der Waals surface area contributed by atoms with Gasteiger partial charge in [-0.1, -0.05) is 36.4 Å². The average Bonchev–Trinajstić information content (AvgIpc) is 3.42. The van der Waals surface area contributed by atoms with E-state index >= 15 is 0 Å². The van der Waals surface area contributed by atoms with Crippen LogP contribution in [0.1, 0.15) is 80.2 Å². The maximum atomic E-state index is 14.5. The van der Waals surface area contributed by atoms with Crippen molar-refractivity contribution in [2.24, 2.45) is 0 Å². The Labute approximate surface area is 279 Å². The molecule has 1 aromatic heterocycles. The molecular weight excluding hydrogens is 646 g/mol. The zero-order valence-corrected chi connectivity index (χ0v) is 28.2. The number of aromatic nitrogens is 2. The number of hydrogen-bond donors (Lipinski definition) is 2. The van der Waals surface area contributed by atoms with Gasteiger partial charge in [0.15, 0.2) is 0 Å². The molecule has 0 bridgehead atoms. The van der Waals surface area contributed by atoms with Gasteiger partial charge in [-0.05, 0) is 89.6 Å². The number of para-hydroxylation sites is 1. The van der Waals surface area contributed by atoms with Crippen LogP contribution in [0.5, 0.6) is 0 Å². The lowest BCUT2D eigenvalue weighted by molar-refractivity contribution is -0.137. The van der Waals surface area contributed by atoms with Crippen molar-refractivity contribution in [1.82, 2.24) is 19.8 Å². The molecule has 1 aliphatic heterocycles. The van der Waals surface area contributed by atoms with Gasteiger partial charge in [0.05, 0.1) is 16.9 Å². The minimum Gasteiger partial charge on any atom is -0.598 e. The van der Waals surface area contributed by atoms with Crippen LogP contribution in [0.3, 0.4) is 0 Å². The highest BCUT2D eigenvalue weighted by atomic mass is 32.2. The van der Waals surface area contributed by atoms with E-state index in [0.717, 1.165) is 18.2 Å². The molecule has 13 heteroatoms. The third-order valence-corrected chi connectivity index (χ3v) is 9.92. The van der Waals surface area contributed by atoms with E-state index in [1.54, 1.807) is 25.5 Å². The van der Waals surface area contributed by atoms with Crippen molar-refractivity contribution in [2.75, 3.05) is 11.4 Å². The highest BCUT2D eigenvalue weighted by Gasteiger charge is 2.49. The third-order valence-electron chi connectivity index (χ3n) is 8.11. The monoisotopic (exact) mass is 683 g/mol. The molecule has 0 radical (unpaired) electrons. The lowest BCUT2D eigenvalue weighted by atomic mass is 9.78. The fourth-order valence-corrected chi connectivity index (χ4v) is 6.60. The van der Waals surface area contributed by atoms with Gasteiger partial charge >= 0.3 is 6.18 Å². The topological polar surface area (TPSA) is 102 Å². The van der Waals surface area contributed by atoms with Crippen molar-refractivity contribution in [3.05, 3.63) is 113 Å². The van der Waals surface area contributed by atoms with E-state index in [-0.39, 0.29) is 12.1 Å². The molecule has 254 valence electrons. The zero-order valence-electron chi connectivity index (χ0n) is 27.4. The van der Waals surface area contributed by atoms with Gasteiger partial charge in [0, 0.05) is 35.0 Å². The Hall–Kier alpha value is -4.20. The number of carbonyl (C=O) groups is 2. The first-order valence-corrected chi connectivity index (χ1v) is 16.5. The normalized spacial score (nSPS) is 17.6. The molecule has 1 aliphatic rings. The standard InChI is InChI=1S/C35H37F4N5O3S/c1-7-43-31-27(29(34(5,6)42-48(47)33(2,3)4)41-44(31)25-14-9-8-10-15-25)26(21-16-18-24(36)19-17-21)28(32(43)46)40-30(45)22-12-11-13-23(20-22)35(37,38)39/h8-20,26,28,42H,7H2,1-6H3,(H,40,45)/t26-,28-,48-/m1/s1. The quantitative estimate of drug-likeness (QED) is 0.161. The maximum absolute atomic E-state index is 14.5. The first-order valence-electron chi connectivity index (χ1n) is 15.4. The fraction of sp³-hybridized carbons (Fsp3) is 0.343. The van der Waals surface area contributed by atoms with Crippen molar-refractivity contribution in [3.63, 3.8) is 0 Å². The van der Waals surface area contributed by atoms with Crippen molar-refractivity contribution in [3.8, 4) is 5.69 Å². The van der Waals surface area contributed by atoms with Gasteiger partial charge in [-0.15, -0.1) is 4.72 Å². The number of anilines is 1. The Kier molecular flexibility index (Phi) is 9.52. The van der Waals surface area contributed by atoms with Crippen LogP contribution in [0.2, 0.25) is 0 Å². The van der Waals surface area contributed by atoms with Crippen molar-refractivity contribution < 1.29 is 31.7 Å². The summed E-state index contributed by atoms with van der Waals surface area (Å²) in [5, 5.41) is 7.74. The van der Waals surface area contributed by atoms with Crippen LogP contribution in [-0.4, -0.2) is 43.5 Å². The number of alkyl halides is 3. The fourth-order valence-electron chi connectivity index (χ4n) is 5.73. The van der Waals surface area contributed by atoms with Crippen LogP contribution < -0.4 is 14.9 Å². The molecular formula is C35H37F4N5O3S. The Morgan fingerprint density at radius 3 is 2.19 bits per heavy atom. The number of fused-ring (bicyclic) bond motifs is 1. The first-order chi connectivity index (χ1) is 22.4. The molecule has 0 fully saturated rings. The highest BCUT2D eigenvalue weighted by molar-refractivity contribution is 7.90. The highest BCUT2D eigenvalue weighted by Crippen LogP contribution is 2.46. The van der Waals surface area contributed by atoms with Gasteiger partial charge in [0.1, 0.15) is 28.0 Å². The van der Waals surface area contributed by atoms with E-state index in [1.807, 2.05) is 51.1 Å². The van der Waals surface area contributed by atoms with E-state index in [2.05, 4.69) is 10.0 Å². The number of benzene rings is 3. The summed E-state index contributed by atoms with van der Waals surface area (Å²) < 4.78 is 72.5. The van der Waals surface area contributed by atoms with Crippen molar-refractivity contribution in [2.45, 2.75) is 70.0 Å². The lowest BCUT2D eigenvalue weighted by Gasteiger charge is -2.40. The smallest absolute Gasteiger partial charge is 0.416 e. The minimum absolute atomic E-state index is 0.150. The van der Waals surface area contributed by atoms with E-state index < -0.39 is 63.0 Å². The molecule has 48 heavy (non-hydrogen) atoms. The molecule has 2 N–H and O–H groups in total. The predicted octanol–water partition coefficient (Wildman–Crippen LogP) is 6.61. The van der Waals surface area contributed by atoms with Crippen LogP contribution in [0.4, 0.5) is 23.4 Å². The molecule has 2 amide bonds. The van der Waals surface area contributed by atoms with Crippen LogP contribution >= 0.6 is 0 Å². The summed E-state index contributed by atoms with van der Waals surface area (Å²) in [5.74, 6) is -2.52. The molecule has 0 saturated carbocycles. The molecule has 2 heterocycles. The van der Waals surface area contributed by atoms with Gasteiger partial charge in [-0.25, -0.2) is 9.07 Å². The summed E-state index contributed by atoms with van der Waals surface area (Å²) in [6.07, 6.45) is -4.69. The molecule has 8 nitrogen and oxygen atoms in total. The summed E-state index contributed by atoms with van der Waals surface area (Å²) in [5.41, 5.74) is -0.380. The molecule has 0 aliphatic carbocycles. The van der Waals surface area contributed by atoms with E-state index in [1.165, 1.54) is 35.2 Å². The van der Waals surface area contributed by atoms with E-state index in [9.17, 15) is 31.7 Å². The number of likely N-dealkylation sites (N-methyl/N-ethyl adjacent to an activating group) is 1. The van der Waals surface area contributed by atoms with Gasteiger partial charge < -0.3 is 9.87 Å². The summed E-state index contributed by atoms with van der Waals surface area (Å²) in [6.45, 7) is 11.0. The van der Waals surface area contributed by atoms with E-state index in [0.29, 0.717) is 28.3 Å². The number of nitrogens with zero attached hydrogens (tertiary/aromatic N) is 3. The summed E-state index contributed by atoms with van der Waals surface area (Å²) >= 11 is -1.56. The van der Waals surface area contributed by atoms with Gasteiger partial charge in [-0.3, -0.25) is 14.5 Å². The number of hydrogen-bond acceptors (Lipinski definition) is 5. The molecule has 3 atom stereocenters. The Morgan fingerprint density at radius 2 is 1.60 bits per heavy atom. The molecule has 5 rings (SSSR count). The van der Waals surface area contributed by atoms with E-state index in [4.69, 9.17) is 5.10 Å². The van der Waals surface area contributed by atoms with Crippen molar-refractivity contribution >= 4 is 29.0 Å². The SMILES string of the molecule is CCN1C(=O)[C@H](NC(=O)c2cccc(C(F)(F)F)c2)[C@H](c2ccc(F)cc2)c2c(C(C)(C)N[S@+]([O-])C(C)(C)C)nn(-c3ccccc3)c21. The Morgan fingerprint density at radius 1 is 0.958 bits per heavy atom. The molecule has 0 unspecified atom stereocenters. The first kappa shape index (κ1) is 35.1.